The highest BCUT2D eigenvalue weighted by Crippen LogP contribution is 2.27. The molecule has 1 saturated heterocycles. The van der Waals surface area contributed by atoms with Crippen LogP contribution in [0, 0.1) is 6.92 Å². The highest BCUT2D eigenvalue weighted by Gasteiger charge is 2.24. The van der Waals surface area contributed by atoms with Crippen molar-refractivity contribution in [3.63, 3.8) is 0 Å². The van der Waals surface area contributed by atoms with Gasteiger partial charge in [0.15, 0.2) is 6.54 Å². The molecule has 0 radical (unpaired) electrons. The quantitative estimate of drug-likeness (QED) is 0.787. The topological polar surface area (TPSA) is 71.8 Å². The molecule has 1 aromatic carbocycles. The molecule has 0 unspecified atom stereocenters. The first-order chi connectivity index (χ1) is 12.2. The van der Waals surface area contributed by atoms with Crippen molar-refractivity contribution in [1.29, 1.82) is 0 Å². The Morgan fingerprint density at radius 3 is 2.76 bits per heavy atom. The average molecular weight is 362 g/mol. The van der Waals surface area contributed by atoms with Gasteiger partial charge in [-0.05, 0) is 26.0 Å². The minimum Gasteiger partial charge on any atom is -0.492 e. The summed E-state index contributed by atoms with van der Waals surface area (Å²) in [4.78, 5) is 15.8. The molecule has 1 aromatic heterocycles. The number of carbonyl (C=O) groups is 1. The number of ether oxygens (including phenoxy) is 1. The molecule has 8 heteroatoms. The zero-order valence-electron chi connectivity index (χ0n) is 14.6. The molecule has 0 atom stereocenters. The van der Waals surface area contributed by atoms with Crippen LogP contribution in [0.15, 0.2) is 24.3 Å². The standard InChI is InChI=1S/C17H23N5O2S/c1-3-24-15-7-5-4-6-14(15)22-10-8-21(9-11-22)12-16(23)18-17-20-19-13(2)25-17/h4-7H,3,8-12H2,1-2H3,(H,18,20,23)/p+1. The summed E-state index contributed by atoms with van der Waals surface area (Å²) in [7, 11) is 0. The fourth-order valence-corrected chi connectivity index (χ4v) is 3.58. The summed E-state index contributed by atoms with van der Waals surface area (Å²) in [6.45, 7) is 8.64. The molecular formula is C17H24N5O2S+. The zero-order valence-corrected chi connectivity index (χ0v) is 15.4. The Morgan fingerprint density at radius 2 is 2.08 bits per heavy atom. The number of benzene rings is 1. The van der Waals surface area contributed by atoms with Crippen LogP contribution in [-0.2, 0) is 4.79 Å². The number of aromatic nitrogens is 2. The molecule has 1 fully saturated rings. The molecule has 0 saturated carbocycles. The molecule has 1 aliphatic heterocycles. The second-order valence-electron chi connectivity index (χ2n) is 5.99. The predicted octanol–water partition coefficient (Wildman–Crippen LogP) is 0.589. The summed E-state index contributed by atoms with van der Waals surface area (Å²) < 4.78 is 5.73. The van der Waals surface area contributed by atoms with Gasteiger partial charge in [-0.15, -0.1) is 10.2 Å². The number of nitrogens with one attached hydrogen (secondary N) is 2. The van der Waals surface area contributed by atoms with Gasteiger partial charge in [0, 0.05) is 0 Å². The third-order valence-corrected chi connectivity index (χ3v) is 4.91. The summed E-state index contributed by atoms with van der Waals surface area (Å²) in [5.74, 6) is 0.923. The third kappa shape index (κ3) is 4.67. The first-order valence-electron chi connectivity index (χ1n) is 8.56. The van der Waals surface area contributed by atoms with Crippen molar-refractivity contribution in [1.82, 2.24) is 10.2 Å². The molecular weight excluding hydrogens is 338 g/mol. The fourth-order valence-electron chi connectivity index (χ4n) is 2.97. The van der Waals surface area contributed by atoms with E-state index in [0.29, 0.717) is 18.3 Å². The maximum absolute atomic E-state index is 12.2. The van der Waals surface area contributed by atoms with Crippen LogP contribution in [-0.4, -0.2) is 55.4 Å². The summed E-state index contributed by atoms with van der Waals surface area (Å²) in [6, 6.07) is 8.14. The van der Waals surface area contributed by atoms with Crippen LogP contribution in [0.2, 0.25) is 0 Å². The molecule has 2 heterocycles. The number of piperazine rings is 1. The minimum atomic E-state index is -0.00526. The molecule has 2 N–H and O–H groups in total. The monoisotopic (exact) mass is 362 g/mol. The highest BCUT2D eigenvalue weighted by molar-refractivity contribution is 7.15. The average Bonchev–Trinajstić information content (AvgIpc) is 3.01. The van der Waals surface area contributed by atoms with E-state index in [1.165, 1.54) is 16.2 Å². The van der Waals surface area contributed by atoms with Crippen LogP contribution in [0.3, 0.4) is 0 Å². The number of hydrogen-bond donors (Lipinski definition) is 2. The van der Waals surface area contributed by atoms with Crippen LogP contribution < -0.4 is 19.9 Å². The third-order valence-electron chi connectivity index (χ3n) is 4.16. The lowest BCUT2D eigenvalue weighted by Gasteiger charge is -2.34. The second-order valence-corrected chi connectivity index (χ2v) is 7.17. The van der Waals surface area contributed by atoms with E-state index in [-0.39, 0.29) is 5.91 Å². The molecule has 134 valence electrons. The Kier molecular flexibility index (Phi) is 5.83. The van der Waals surface area contributed by atoms with Gasteiger partial charge in [-0.25, -0.2) is 0 Å². The molecule has 0 spiro atoms. The Morgan fingerprint density at radius 1 is 1.32 bits per heavy atom. The van der Waals surface area contributed by atoms with Crippen molar-refractivity contribution in [3.05, 3.63) is 29.3 Å². The summed E-state index contributed by atoms with van der Waals surface area (Å²) >= 11 is 1.40. The van der Waals surface area contributed by atoms with Crippen LogP contribution in [0.1, 0.15) is 11.9 Å². The van der Waals surface area contributed by atoms with Gasteiger partial charge in [0.05, 0.1) is 38.5 Å². The lowest BCUT2D eigenvalue weighted by Crippen LogP contribution is -3.15. The Hall–Kier alpha value is -2.19. The van der Waals surface area contributed by atoms with E-state index in [1.54, 1.807) is 0 Å². The smallest absolute Gasteiger partial charge is 0.281 e. The number of aryl methyl sites for hydroxylation is 1. The normalized spacial score (nSPS) is 15.2. The maximum Gasteiger partial charge on any atom is 0.281 e. The van der Waals surface area contributed by atoms with E-state index in [1.807, 2.05) is 32.0 Å². The molecule has 7 nitrogen and oxygen atoms in total. The van der Waals surface area contributed by atoms with Crippen molar-refractivity contribution in [2.75, 3.05) is 49.5 Å². The van der Waals surface area contributed by atoms with E-state index < -0.39 is 0 Å². The van der Waals surface area contributed by atoms with Crippen LogP contribution in [0.5, 0.6) is 5.75 Å². The number of rotatable bonds is 6. The van der Waals surface area contributed by atoms with Gasteiger partial charge < -0.3 is 14.5 Å². The largest absolute Gasteiger partial charge is 0.492 e. The van der Waals surface area contributed by atoms with E-state index >= 15 is 0 Å². The maximum atomic E-state index is 12.2. The predicted molar refractivity (Wildman–Crippen MR) is 98.7 cm³/mol. The van der Waals surface area contributed by atoms with Gasteiger partial charge in [-0.3, -0.25) is 10.1 Å². The molecule has 3 rings (SSSR count). The summed E-state index contributed by atoms with van der Waals surface area (Å²) in [6.07, 6.45) is 0. The van der Waals surface area contributed by atoms with Gasteiger partial charge in [0.1, 0.15) is 10.8 Å². The lowest BCUT2D eigenvalue weighted by atomic mass is 10.2. The summed E-state index contributed by atoms with van der Waals surface area (Å²) in [5.41, 5.74) is 1.14. The van der Waals surface area contributed by atoms with Gasteiger partial charge in [-0.1, -0.05) is 23.5 Å². The lowest BCUT2D eigenvalue weighted by molar-refractivity contribution is -0.892. The molecule has 25 heavy (non-hydrogen) atoms. The second kappa shape index (κ2) is 8.26. The van der Waals surface area contributed by atoms with Crippen molar-refractivity contribution in [2.45, 2.75) is 13.8 Å². The van der Waals surface area contributed by atoms with E-state index in [4.69, 9.17) is 4.74 Å². The minimum absolute atomic E-state index is 0.00526. The van der Waals surface area contributed by atoms with Crippen LogP contribution >= 0.6 is 11.3 Å². The first kappa shape index (κ1) is 17.6. The Balaban J connectivity index is 1.51. The number of carbonyl (C=O) groups excluding carboxylic acids is 1. The molecule has 2 aromatic rings. The van der Waals surface area contributed by atoms with Crippen molar-refractivity contribution in [2.24, 2.45) is 0 Å². The number of anilines is 2. The fraction of sp³-hybridized carbons (Fsp3) is 0.471. The number of hydrogen-bond acceptors (Lipinski definition) is 6. The summed E-state index contributed by atoms with van der Waals surface area (Å²) in [5, 5.41) is 12.1. The number of para-hydroxylation sites is 2. The number of amides is 1. The van der Waals surface area contributed by atoms with Crippen molar-refractivity contribution < 1.29 is 14.4 Å². The Labute approximate surface area is 151 Å². The van der Waals surface area contributed by atoms with Crippen molar-refractivity contribution in [3.8, 4) is 5.75 Å². The zero-order chi connectivity index (χ0) is 17.6. The first-order valence-corrected chi connectivity index (χ1v) is 9.37. The van der Waals surface area contributed by atoms with Gasteiger partial charge in [0.2, 0.25) is 5.13 Å². The van der Waals surface area contributed by atoms with Gasteiger partial charge in [0.25, 0.3) is 5.91 Å². The molecule has 0 bridgehead atoms. The van der Waals surface area contributed by atoms with Crippen LogP contribution in [0.25, 0.3) is 0 Å². The molecule has 1 amide bonds. The van der Waals surface area contributed by atoms with E-state index in [0.717, 1.165) is 42.6 Å². The highest BCUT2D eigenvalue weighted by atomic mass is 32.1. The van der Waals surface area contributed by atoms with E-state index in [2.05, 4.69) is 26.5 Å². The number of quaternary nitrogens is 1. The molecule has 0 aliphatic carbocycles. The van der Waals surface area contributed by atoms with Gasteiger partial charge in [-0.2, -0.15) is 0 Å². The van der Waals surface area contributed by atoms with Crippen LogP contribution in [0.4, 0.5) is 10.8 Å². The van der Waals surface area contributed by atoms with Crippen molar-refractivity contribution >= 4 is 28.1 Å². The Bertz CT molecular complexity index is 713. The molecule has 1 aliphatic rings. The SMILES string of the molecule is CCOc1ccccc1N1CC[NH+](CC(=O)Nc2nnc(C)s2)CC1. The number of nitrogens with zero attached hydrogens (tertiary/aromatic N) is 3. The van der Waals surface area contributed by atoms with E-state index in [9.17, 15) is 4.79 Å². The van der Waals surface area contributed by atoms with Gasteiger partial charge >= 0.3 is 0 Å².